The molecule has 0 radical (unpaired) electrons. The van der Waals surface area contributed by atoms with E-state index in [9.17, 15) is 14.4 Å². The predicted octanol–water partition coefficient (Wildman–Crippen LogP) is 1.47. The molecule has 0 bridgehead atoms. The number of halogens is 1. The van der Waals surface area contributed by atoms with Gasteiger partial charge in [-0.15, -0.1) is 0 Å². The van der Waals surface area contributed by atoms with Crippen LogP contribution in [0.3, 0.4) is 0 Å². The van der Waals surface area contributed by atoms with Crippen molar-refractivity contribution >= 4 is 33.7 Å². The van der Waals surface area contributed by atoms with E-state index in [4.69, 9.17) is 0 Å². The molecule has 1 aliphatic heterocycles. The number of hydrogen-bond acceptors (Lipinski definition) is 3. The van der Waals surface area contributed by atoms with Crippen LogP contribution in [0.2, 0.25) is 0 Å². The molecule has 2 N–H and O–H groups in total. The number of carbonyl (C=O) groups is 3. The number of benzene rings is 1. The van der Waals surface area contributed by atoms with E-state index >= 15 is 0 Å². The van der Waals surface area contributed by atoms with Crippen molar-refractivity contribution in [3.05, 3.63) is 34.3 Å². The van der Waals surface area contributed by atoms with Crippen LogP contribution in [0, 0.1) is 5.92 Å². The average Bonchev–Trinajstić information content (AvgIpc) is 2.52. The Hall–Kier alpha value is -1.89. The quantitative estimate of drug-likeness (QED) is 0.776. The van der Waals surface area contributed by atoms with E-state index in [0.717, 1.165) is 6.42 Å². The van der Waals surface area contributed by atoms with Gasteiger partial charge >= 0.3 is 0 Å². The van der Waals surface area contributed by atoms with Crippen LogP contribution in [0.5, 0.6) is 0 Å². The number of hydrazine groups is 1. The van der Waals surface area contributed by atoms with Gasteiger partial charge in [0.1, 0.15) is 0 Å². The van der Waals surface area contributed by atoms with Crippen molar-refractivity contribution in [3.63, 3.8) is 0 Å². The molecule has 1 saturated heterocycles. The zero-order chi connectivity index (χ0) is 16.1. The number of carbonyl (C=O) groups excluding carboxylic acids is 3. The number of likely N-dealkylation sites (tertiary alicyclic amines) is 1. The summed E-state index contributed by atoms with van der Waals surface area (Å²) in [5, 5.41) is 0. The van der Waals surface area contributed by atoms with Crippen molar-refractivity contribution in [1.82, 2.24) is 15.8 Å². The highest BCUT2D eigenvalue weighted by molar-refractivity contribution is 9.10. The second kappa shape index (κ2) is 7.40. The Kier molecular flexibility index (Phi) is 5.54. The smallest absolute Gasteiger partial charge is 0.270 e. The fourth-order valence-corrected chi connectivity index (χ4v) is 2.88. The SMILES string of the molecule is CC(=O)N1CCC[C@@H](C(=O)NNC(=O)c2ccccc2Br)C1. The number of nitrogens with zero attached hydrogens (tertiary/aromatic N) is 1. The molecular formula is C15H18BrN3O3. The van der Waals surface area contributed by atoms with E-state index in [1.807, 2.05) is 0 Å². The highest BCUT2D eigenvalue weighted by atomic mass is 79.9. The molecule has 0 unspecified atom stereocenters. The maximum Gasteiger partial charge on any atom is 0.270 e. The van der Waals surface area contributed by atoms with Crippen LogP contribution >= 0.6 is 15.9 Å². The van der Waals surface area contributed by atoms with Gasteiger partial charge in [0.05, 0.1) is 11.5 Å². The molecule has 118 valence electrons. The summed E-state index contributed by atoms with van der Waals surface area (Å²) in [5.74, 6) is -0.988. The molecule has 7 heteroatoms. The van der Waals surface area contributed by atoms with Gasteiger partial charge in [-0.1, -0.05) is 12.1 Å². The number of nitrogens with one attached hydrogen (secondary N) is 2. The van der Waals surface area contributed by atoms with Crippen molar-refractivity contribution in [3.8, 4) is 0 Å². The van der Waals surface area contributed by atoms with Gasteiger partial charge in [-0.2, -0.15) is 0 Å². The fourth-order valence-electron chi connectivity index (χ4n) is 2.41. The monoisotopic (exact) mass is 367 g/mol. The largest absolute Gasteiger partial charge is 0.342 e. The molecule has 1 aliphatic rings. The van der Waals surface area contributed by atoms with Gasteiger partial charge in [-0.05, 0) is 40.9 Å². The summed E-state index contributed by atoms with van der Waals surface area (Å²) in [6.45, 7) is 2.57. The molecule has 0 saturated carbocycles. The Bertz CT molecular complexity index is 591. The highest BCUT2D eigenvalue weighted by Gasteiger charge is 2.27. The summed E-state index contributed by atoms with van der Waals surface area (Å²) in [4.78, 5) is 37.1. The van der Waals surface area contributed by atoms with Crippen LogP contribution < -0.4 is 10.9 Å². The van der Waals surface area contributed by atoms with E-state index < -0.39 is 0 Å². The predicted molar refractivity (Wildman–Crippen MR) is 84.7 cm³/mol. The summed E-state index contributed by atoms with van der Waals surface area (Å²) in [5.41, 5.74) is 5.29. The third kappa shape index (κ3) is 4.07. The molecule has 1 atom stereocenters. The van der Waals surface area contributed by atoms with Crippen LogP contribution in [0.4, 0.5) is 0 Å². The zero-order valence-electron chi connectivity index (χ0n) is 12.3. The van der Waals surface area contributed by atoms with Gasteiger partial charge in [-0.25, -0.2) is 0 Å². The summed E-state index contributed by atoms with van der Waals surface area (Å²) in [6.07, 6.45) is 1.50. The van der Waals surface area contributed by atoms with Crippen molar-refractivity contribution < 1.29 is 14.4 Å². The lowest BCUT2D eigenvalue weighted by atomic mass is 9.97. The van der Waals surface area contributed by atoms with Crippen LogP contribution in [0.25, 0.3) is 0 Å². The molecular weight excluding hydrogens is 350 g/mol. The maximum absolute atomic E-state index is 12.1. The minimum absolute atomic E-state index is 0.0326. The second-order valence-corrected chi connectivity index (χ2v) is 6.08. The van der Waals surface area contributed by atoms with Gasteiger partial charge in [-0.3, -0.25) is 25.2 Å². The summed E-state index contributed by atoms with van der Waals surface area (Å²) in [6, 6.07) is 6.96. The number of amides is 3. The van der Waals surface area contributed by atoms with Crippen LogP contribution in [-0.2, 0) is 9.59 Å². The Morgan fingerprint density at radius 1 is 1.23 bits per heavy atom. The van der Waals surface area contributed by atoms with E-state index in [1.165, 1.54) is 6.92 Å². The summed E-state index contributed by atoms with van der Waals surface area (Å²) >= 11 is 3.29. The molecule has 3 amide bonds. The number of piperidine rings is 1. The minimum Gasteiger partial charge on any atom is -0.342 e. The number of rotatable bonds is 2. The Morgan fingerprint density at radius 3 is 2.64 bits per heavy atom. The zero-order valence-corrected chi connectivity index (χ0v) is 13.9. The van der Waals surface area contributed by atoms with Gasteiger partial charge < -0.3 is 4.90 Å². The summed E-state index contributed by atoms with van der Waals surface area (Å²) < 4.78 is 0.655. The molecule has 2 rings (SSSR count). The van der Waals surface area contributed by atoms with Crippen molar-refractivity contribution in [2.45, 2.75) is 19.8 Å². The maximum atomic E-state index is 12.1. The van der Waals surface area contributed by atoms with E-state index in [0.29, 0.717) is 29.5 Å². The van der Waals surface area contributed by atoms with Crippen LogP contribution in [0.15, 0.2) is 28.7 Å². The first-order chi connectivity index (χ1) is 10.5. The van der Waals surface area contributed by atoms with Crippen molar-refractivity contribution in [2.24, 2.45) is 5.92 Å². The Balaban J connectivity index is 1.89. The third-order valence-corrected chi connectivity index (χ3v) is 4.35. The lowest BCUT2D eigenvalue weighted by Gasteiger charge is -2.31. The standard InChI is InChI=1S/C15H18BrN3O3/c1-10(20)19-8-4-5-11(9-19)14(21)17-18-15(22)12-6-2-3-7-13(12)16/h2-3,6-7,11H,4-5,8-9H2,1H3,(H,17,21)(H,18,22)/t11-/m1/s1. The van der Waals surface area contributed by atoms with E-state index in [1.54, 1.807) is 29.2 Å². The van der Waals surface area contributed by atoms with Crippen molar-refractivity contribution in [2.75, 3.05) is 13.1 Å². The van der Waals surface area contributed by atoms with E-state index in [-0.39, 0.29) is 23.6 Å². The lowest BCUT2D eigenvalue weighted by Crippen LogP contribution is -2.49. The minimum atomic E-state index is -0.389. The molecule has 1 aromatic rings. The topological polar surface area (TPSA) is 78.5 Å². The molecule has 1 aromatic carbocycles. The first-order valence-corrected chi connectivity index (χ1v) is 7.88. The third-order valence-electron chi connectivity index (χ3n) is 3.66. The first-order valence-electron chi connectivity index (χ1n) is 7.09. The Labute approximate surface area is 137 Å². The highest BCUT2D eigenvalue weighted by Crippen LogP contribution is 2.17. The van der Waals surface area contributed by atoms with Crippen LogP contribution in [-0.4, -0.2) is 35.7 Å². The second-order valence-electron chi connectivity index (χ2n) is 5.23. The molecule has 22 heavy (non-hydrogen) atoms. The molecule has 6 nitrogen and oxygen atoms in total. The van der Waals surface area contributed by atoms with Gasteiger partial charge in [0, 0.05) is 24.5 Å². The Morgan fingerprint density at radius 2 is 1.95 bits per heavy atom. The molecule has 1 heterocycles. The summed E-state index contributed by atoms with van der Waals surface area (Å²) in [7, 11) is 0. The van der Waals surface area contributed by atoms with E-state index in [2.05, 4.69) is 26.8 Å². The molecule has 1 fully saturated rings. The molecule has 0 aromatic heterocycles. The van der Waals surface area contributed by atoms with Crippen LogP contribution in [0.1, 0.15) is 30.1 Å². The number of hydrogen-bond donors (Lipinski definition) is 2. The first kappa shape index (κ1) is 16.5. The lowest BCUT2D eigenvalue weighted by molar-refractivity contribution is -0.134. The average molecular weight is 368 g/mol. The van der Waals surface area contributed by atoms with Gasteiger partial charge in [0.15, 0.2) is 0 Å². The fraction of sp³-hybridized carbons (Fsp3) is 0.400. The normalized spacial score (nSPS) is 17.7. The van der Waals surface area contributed by atoms with Gasteiger partial charge in [0.2, 0.25) is 11.8 Å². The molecule has 0 spiro atoms. The molecule has 0 aliphatic carbocycles. The van der Waals surface area contributed by atoms with Crippen molar-refractivity contribution in [1.29, 1.82) is 0 Å². The van der Waals surface area contributed by atoms with Gasteiger partial charge in [0.25, 0.3) is 5.91 Å².